The molecule has 0 aromatic heterocycles. The van der Waals surface area contributed by atoms with Crippen LogP contribution in [0.1, 0.15) is 25.7 Å². The van der Waals surface area contributed by atoms with Crippen molar-refractivity contribution in [3.8, 4) is 5.75 Å². The van der Waals surface area contributed by atoms with Gasteiger partial charge in [0, 0.05) is 24.5 Å². The van der Waals surface area contributed by atoms with Crippen LogP contribution < -0.4 is 10.1 Å². The highest BCUT2D eigenvalue weighted by atomic mass is 35.5. The third-order valence-electron chi connectivity index (χ3n) is 4.16. The van der Waals surface area contributed by atoms with E-state index < -0.39 is 5.25 Å². The van der Waals surface area contributed by atoms with Crippen LogP contribution in [-0.2, 0) is 9.59 Å². The first-order valence-electron chi connectivity index (χ1n) is 8.24. The summed E-state index contributed by atoms with van der Waals surface area (Å²) in [5, 5.41) is 3.55. The van der Waals surface area contributed by atoms with Crippen LogP contribution in [-0.4, -0.2) is 47.3 Å². The molecule has 1 atom stereocenters. The maximum atomic E-state index is 12.3. The van der Waals surface area contributed by atoms with E-state index in [1.165, 1.54) is 25.3 Å². The predicted octanol–water partition coefficient (Wildman–Crippen LogP) is 3.16. The van der Waals surface area contributed by atoms with Gasteiger partial charge in [0.05, 0.1) is 12.8 Å². The van der Waals surface area contributed by atoms with E-state index in [9.17, 15) is 9.59 Å². The number of rotatable bonds is 4. The van der Waals surface area contributed by atoms with Gasteiger partial charge in [0.25, 0.3) is 5.91 Å². The van der Waals surface area contributed by atoms with E-state index in [4.69, 9.17) is 16.3 Å². The first-order valence-corrected chi connectivity index (χ1v) is 9.50. The van der Waals surface area contributed by atoms with Gasteiger partial charge in [-0.3, -0.25) is 9.59 Å². The van der Waals surface area contributed by atoms with Gasteiger partial charge < -0.3 is 15.0 Å². The van der Waals surface area contributed by atoms with Gasteiger partial charge >= 0.3 is 0 Å². The van der Waals surface area contributed by atoms with E-state index in [1.807, 2.05) is 0 Å². The molecule has 25 heavy (non-hydrogen) atoms. The first-order chi connectivity index (χ1) is 12.1. The summed E-state index contributed by atoms with van der Waals surface area (Å²) in [4.78, 5) is 30.8. The summed E-state index contributed by atoms with van der Waals surface area (Å²) in [6, 6.07) is 4.99. The van der Waals surface area contributed by atoms with Crippen molar-refractivity contribution in [2.45, 2.75) is 30.9 Å². The summed E-state index contributed by atoms with van der Waals surface area (Å²) in [6.07, 6.45) is 3.52. The zero-order valence-electron chi connectivity index (χ0n) is 14.0. The summed E-state index contributed by atoms with van der Waals surface area (Å²) in [7, 11) is 1.52. The van der Waals surface area contributed by atoms with Crippen LogP contribution in [0.5, 0.6) is 5.75 Å². The zero-order chi connectivity index (χ0) is 17.8. The van der Waals surface area contributed by atoms with E-state index in [0.717, 1.165) is 31.1 Å². The molecule has 1 saturated heterocycles. The molecule has 0 radical (unpaired) electrons. The highest BCUT2D eigenvalue weighted by Crippen LogP contribution is 2.31. The average molecular weight is 382 g/mol. The van der Waals surface area contributed by atoms with Gasteiger partial charge in [-0.25, -0.2) is 0 Å². The number of likely N-dealkylation sites (tertiary alicyclic amines) is 1. The van der Waals surface area contributed by atoms with Crippen molar-refractivity contribution in [3.63, 3.8) is 0 Å². The van der Waals surface area contributed by atoms with Crippen LogP contribution in [0.4, 0.5) is 5.69 Å². The maximum Gasteiger partial charge on any atom is 0.262 e. The smallest absolute Gasteiger partial charge is 0.262 e. The van der Waals surface area contributed by atoms with Crippen LogP contribution in [0.3, 0.4) is 0 Å². The molecule has 1 fully saturated rings. The lowest BCUT2D eigenvalue weighted by molar-refractivity contribution is -0.121. The number of carbonyl (C=O) groups is 2. The third-order valence-corrected chi connectivity index (χ3v) is 5.61. The van der Waals surface area contributed by atoms with E-state index in [0.29, 0.717) is 16.5 Å². The van der Waals surface area contributed by atoms with Crippen molar-refractivity contribution in [3.05, 3.63) is 23.2 Å². The lowest BCUT2D eigenvalue weighted by Gasteiger charge is -2.27. The molecule has 2 aliphatic heterocycles. The van der Waals surface area contributed by atoms with Crippen molar-refractivity contribution < 1.29 is 14.3 Å². The molecule has 1 aromatic carbocycles. The monoisotopic (exact) mass is 381 g/mol. The van der Waals surface area contributed by atoms with Crippen molar-refractivity contribution in [2.75, 3.05) is 25.5 Å². The summed E-state index contributed by atoms with van der Waals surface area (Å²) < 4.78 is 5.21. The SMILES string of the molecule is COc1ccc(Cl)cc1NC(=O)CC1SC(N2CCCCC2)=NC1=O. The van der Waals surface area contributed by atoms with Crippen molar-refractivity contribution in [1.29, 1.82) is 0 Å². The zero-order valence-corrected chi connectivity index (χ0v) is 15.5. The minimum Gasteiger partial charge on any atom is -0.495 e. The van der Waals surface area contributed by atoms with Gasteiger partial charge in [0.15, 0.2) is 5.17 Å². The Hall–Kier alpha value is -1.73. The molecule has 0 bridgehead atoms. The van der Waals surface area contributed by atoms with Gasteiger partial charge in [-0.2, -0.15) is 4.99 Å². The number of methoxy groups -OCH3 is 1. The summed E-state index contributed by atoms with van der Waals surface area (Å²) in [5.41, 5.74) is 0.493. The number of amides is 2. The van der Waals surface area contributed by atoms with Crippen LogP contribution in [0, 0.1) is 0 Å². The Balaban J connectivity index is 1.59. The molecule has 6 nitrogen and oxygen atoms in total. The number of hydrogen-bond acceptors (Lipinski definition) is 5. The van der Waals surface area contributed by atoms with Crippen LogP contribution in [0.2, 0.25) is 5.02 Å². The topological polar surface area (TPSA) is 71.0 Å². The number of anilines is 1. The number of benzene rings is 1. The number of ether oxygens (including phenoxy) is 1. The van der Waals surface area contributed by atoms with E-state index in [2.05, 4.69) is 15.2 Å². The quantitative estimate of drug-likeness (QED) is 0.867. The number of nitrogens with zero attached hydrogens (tertiary/aromatic N) is 2. The maximum absolute atomic E-state index is 12.3. The lowest BCUT2D eigenvalue weighted by atomic mass is 10.1. The van der Waals surface area contributed by atoms with Crippen molar-refractivity contribution in [1.82, 2.24) is 4.90 Å². The molecule has 8 heteroatoms. The summed E-state index contributed by atoms with van der Waals surface area (Å²) in [6.45, 7) is 1.86. The van der Waals surface area contributed by atoms with Crippen molar-refractivity contribution >= 4 is 46.0 Å². The second kappa shape index (κ2) is 8.10. The fraction of sp³-hybridized carbons (Fsp3) is 0.471. The van der Waals surface area contributed by atoms with Gasteiger partial charge in [0.1, 0.15) is 11.0 Å². The van der Waals surface area contributed by atoms with Crippen molar-refractivity contribution in [2.24, 2.45) is 4.99 Å². The van der Waals surface area contributed by atoms with E-state index in [1.54, 1.807) is 18.2 Å². The number of aliphatic imine (C=N–C) groups is 1. The van der Waals surface area contributed by atoms with Gasteiger partial charge in [0.2, 0.25) is 5.91 Å². The Morgan fingerprint density at radius 1 is 1.40 bits per heavy atom. The predicted molar refractivity (Wildman–Crippen MR) is 100 cm³/mol. The third kappa shape index (κ3) is 4.46. The molecule has 3 rings (SSSR count). The molecular weight excluding hydrogens is 362 g/mol. The first kappa shape index (κ1) is 18.1. The highest BCUT2D eigenvalue weighted by molar-refractivity contribution is 8.15. The van der Waals surface area contributed by atoms with Crippen LogP contribution in [0.25, 0.3) is 0 Å². The second-order valence-corrected chi connectivity index (χ2v) is 7.59. The Kier molecular flexibility index (Phi) is 5.86. The fourth-order valence-electron chi connectivity index (χ4n) is 2.88. The molecule has 2 aliphatic rings. The number of amidine groups is 1. The van der Waals surface area contributed by atoms with E-state index >= 15 is 0 Å². The number of halogens is 1. The largest absolute Gasteiger partial charge is 0.495 e. The Morgan fingerprint density at radius 3 is 2.88 bits per heavy atom. The standard InChI is InChI=1S/C17H20ClN3O3S/c1-24-13-6-5-11(18)9-12(13)19-15(22)10-14-16(23)20-17(25-14)21-7-3-2-4-8-21/h5-6,9,14H,2-4,7-8,10H2,1H3,(H,19,22). The molecule has 134 valence electrons. The normalized spacial score (nSPS) is 20.4. The fourth-order valence-corrected chi connectivity index (χ4v) is 4.17. The molecule has 0 spiro atoms. The van der Waals surface area contributed by atoms with Crippen LogP contribution in [0.15, 0.2) is 23.2 Å². The number of thioether (sulfide) groups is 1. The molecule has 1 N–H and O–H groups in total. The minimum atomic E-state index is -0.470. The molecule has 0 aliphatic carbocycles. The van der Waals surface area contributed by atoms with Gasteiger partial charge in [-0.05, 0) is 37.5 Å². The minimum absolute atomic E-state index is 0.0695. The summed E-state index contributed by atoms with van der Waals surface area (Å²) in [5.74, 6) is 0.0219. The average Bonchev–Trinajstić information content (AvgIpc) is 2.96. The van der Waals surface area contributed by atoms with Gasteiger partial charge in [-0.1, -0.05) is 23.4 Å². The van der Waals surface area contributed by atoms with Gasteiger partial charge in [-0.15, -0.1) is 0 Å². The molecule has 1 aromatic rings. The Morgan fingerprint density at radius 2 is 2.16 bits per heavy atom. The molecule has 2 amide bonds. The highest BCUT2D eigenvalue weighted by Gasteiger charge is 2.33. The van der Waals surface area contributed by atoms with Crippen LogP contribution >= 0.6 is 23.4 Å². The second-order valence-electron chi connectivity index (χ2n) is 5.98. The Labute approximate surface area is 156 Å². The Bertz CT molecular complexity index is 704. The number of hydrogen-bond donors (Lipinski definition) is 1. The van der Waals surface area contributed by atoms with E-state index in [-0.39, 0.29) is 18.2 Å². The molecule has 2 heterocycles. The molecule has 0 saturated carbocycles. The molecular formula is C17H20ClN3O3S. The number of piperidine rings is 1. The number of nitrogens with one attached hydrogen (secondary N) is 1. The number of carbonyl (C=O) groups excluding carboxylic acids is 2. The lowest BCUT2D eigenvalue weighted by Crippen LogP contribution is -2.33. The summed E-state index contributed by atoms with van der Waals surface area (Å²) >= 11 is 7.35. The molecule has 1 unspecified atom stereocenters.